The van der Waals surface area contributed by atoms with E-state index in [0.717, 1.165) is 40.7 Å². The number of carboxylic acids is 1. The van der Waals surface area contributed by atoms with Gasteiger partial charge in [-0.05, 0) is 117 Å². The molecule has 4 fully saturated rings. The molecule has 4 saturated carbocycles. The highest BCUT2D eigenvalue weighted by Crippen LogP contribution is 2.62. The van der Waals surface area contributed by atoms with Crippen LogP contribution >= 0.6 is 0 Å². The second kappa shape index (κ2) is 10.4. The molecule has 0 aliphatic heterocycles. The van der Waals surface area contributed by atoms with Gasteiger partial charge in [0.1, 0.15) is 5.75 Å². The first-order valence-electron chi connectivity index (χ1n) is 13.7. The molecule has 6 rings (SSSR count). The van der Waals surface area contributed by atoms with Crippen LogP contribution in [0.25, 0.3) is 5.57 Å². The molecule has 5 nitrogen and oxygen atoms in total. The molecule has 1 unspecified atom stereocenters. The van der Waals surface area contributed by atoms with Gasteiger partial charge in [-0.3, -0.25) is 0 Å². The van der Waals surface area contributed by atoms with Crippen LogP contribution in [0.15, 0.2) is 71.2 Å². The molecule has 2 aromatic carbocycles. The van der Waals surface area contributed by atoms with E-state index in [9.17, 15) is 18.3 Å². The third-order valence-electron chi connectivity index (χ3n) is 9.06. The zero-order valence-electron chi connectivity index (χ0n) is 22.5. The van der Waals surface area contributed by atoms with Crippen molar-refractivity contribution in [3.05, 3.63) is 77.4 Å². The summed E-state index contributed by atoms with van der Waals surface area (Å²) in [5, 5.41) is 8.34. The van der Waals surface area contributed by atoms with Gasteiger partial charge in [0.25, 0.3) is 0 Å². The molecule has 4 bridgehead atoms. The molecule has 1 atom stereocenters. The van der Waals surface area contributed by atoms with Gasteiger partial charge in [0.05, 0.1) is 17.3 Å². The first-order chi connectivity index (χ1) is 18.1. The molecular weight excluding hydrogens is 496 g/mol. The summed E-state index contributed by atoms with van der Waals surface area (Å²) in [6.45, 7) is 3.62. The molecule has 4 aliphatic carbocycles. The van der Waals surface area contributed by atoms with Crippen LogP contribution in [0.4, 0.5) is 0 Å². The lowest BCUT2D eigenvalue weighted by Crippen LogP contribution is -2.48. The van der Waals surface area contributed by atoms with Crippen molar-refractivity contribution in [3.63, 3.8) is 0 Å². The number of carboxylic acid groups (broad SMARTS) is 1. The Bertz CT molecular complexity index is 1330. The van der Waals surface area contributed by atoms with Gasteiger partial charge in [-0.1, -0.05) is 35.9 Å². The summed E-state index contributed by atoms with van der Waals surface area (Å²) >= 11 is 0. The number of sulfone groups is 1. The van der Waals surface area contributed by atoms with Crippen LogP contribution in [-0.2, 0) is 20.0 Å². The monoisotopic (exact) mass is 534 g/mol. The summed E-state index contributed by atoms with van der Waals surface area (Å²) in [6.07, 6.45) is 10.7. The maximum atomic E-state index is 13.7. The second-order valence-electron chi connectivity index (χ2n) is 11.9. The molecular formula is C32H38O5S. The van der Waals surface area contributed by atoms with Crippen LogP contribution in [0.5, 0.6) is 5.75 Å². The van der Waals surface area contributed by atoms with Crippen molar-refractivity contribution in [2.45, 2.75) is 74.4 Å². The van der Waals surface area contributed by atoms with Gasteiger partial charge in [0.15, 0.2) is 9.84 Å². The molecule has 4 aliphatic rings. The van der Waals surface area contributed by atoms with Crippen LogP contribution < -0.4 is 4.74 Å². The zero-order valence-corrected chi connectivity index (χ0v) is 23.3. The summed E-state index contributed by atoms with van der Waals surface area (Å²) in [5.74, 6) is 2.26. The van der Waals surface area contributed by atoms with E-state index in [0.29, 0.717) is 5.57 Å². The number of hydrogen-bond acceptors (Lipinski definition) is 4. The molecule has 1 N–H and O–H groups in total. The van der Waals surface area contributed by atoms with E-state index in [1.165, 1.54) is 44.1 Å². The standard InChI is InChI=1S/C32H38O5S/c1-21(12-31(33)34)11-28(38(35,36)27-7-5-4-6-8-27)13-22(2)26-9-10-30(37-3)29(17-26)32-18-23-14-24(19-32)16-25(15-23)20-32/h4-10,12-13,17,23-25,28H,11,14-16,18-20H2,1-3H3,(H,33,34)/b21-12+,22-13+. The zero-order chi connectivity index (χ0) is 27.1. The molecule has 0 spiro atoms. The maximum Gasteiger partial charge on any atom is 0.328 e. The first-order valence-corrected chi connectivity index (χ1v) is 15.2. The van der Waals surface area contributed by atoms with E-state index in [1.54, 1.807) is 50.4 Å². The normalized spacial score (nSPS) is 27.8. The van der Waals surface area contributed by atoms with Crippen molar-refractivity contribution in [1.29, 1.82) is 0 Å². The van der Waals surface area contributed by atoms with Gasteiger partial charge >= 0.3 is 5.97 Å². The minimum atomic E-state index is -3.73. The van der Waals surface area contributed by atoms with E-state index in [1.807, 2.05) is 19.1 Å². The minimum Gasteiger partial charge on any atom is -0.496 e. The summed E-state index contributed by atoms with van der Waals surface area (Å²) in [5.41, 5.74) is 3.78. The van der Waals surface area contributed by atoms with Gasteiger partial charge < -0.3 is 9.84 Å². The Kier molecular flexibility index (Phi) is 7.29. The van der Waals surface area contributed by atoms with Crippen molar-refractivity contribution in [3.8, 4) is 5.75 Å². The molecule has 0 aromatic heterocycles. The highest BCUT2D eigenvalue weighted by atomic mass is 32.2. The lowest BCUT2D eigenvalue weighted by atomic mass is 9.48. The van der Waals surface area contributed by atoms with Crippen molar-refractivity contribution in [2.24, 2.45) is 17.8 Å². The van der Waals surface area contributed by atoms with Gasteiger partial charge in [-0.2, -0.15) is 0 Å². The smallest absolute Gasteiger partial charge is 0.328 e. The molecule has 2 aromatic rings. The highest BCUT2D eigenvalue weighted by molar-refractivity contribution is 7.92. The number of carbonyl (C=O) groups is 1. The average Bonchev–Trinajstić information content (AvgIpc) is 2.87. The van der Waals surface area contributed by atoms with Gasteiger partial charge in [0, 0.05) is 11.6 Å². The quantitative estimate of drug-likeness (QED) is 0.357. The first kappa shape index (κ1) is 26.7. The average molecular weight is 535 g/mol. The molecule has 6 heteroatoms. The fourth-order valence-electron chi connectivity index (χ4n) is 7.81. The van der Waals surface area contributed by atoms with E-state index in [4.69, 9.17) is 4.74 Å². The van der Waals surface area contributed by atoms with E-state index in [2.05, 4.69) is 6.07 Å². The second-order valence-corrected chi connectivity index (χ2v) is 14.1. The van der Waals surface area contributed by atoms with Crippen LogP contribution in [0.3, 0.4) is 0 Å². The van der Waals surface area contributed by atoms with Crippen molar-refractivity contribution in [2.75, 3.05) is 7.11 Å². The fraction of sp³-hybridized carbons (Fsp3) is 0.469. The SMILES string of the molecule is COc1ccc(/C(C)=C/C(C/C(C)=C/C(=O)O)S(=O)(=O)c2ccccc2)cc1C12CC3CC(CC(C3)C1)C2. The maximum absolute atomic E-state index is 13.7. The van der Waals surface area contributed by atoms with E-state index >= 15 is 0 Å². The number of allylic oxidation sites excluding steroid dienone is 2. The molecule has 38 heavy (non-hydrogen) atoms. The minimum absolute atomic E-state index is 0.110. The molecule has 0 heterocycles. The Morgan fingerprint density at radius 3 is 2.18 bits per heavy atom. The third kappa shape index (κ3) is 5.20. The summed E-state index contributed by atoms with van der Waals surface area (Å²) in [4.78, 5) is 11.5. The molecule has 202 valence electrons. The van der Waals surface area contributed by atoms with E-state index in [-0.39, 0.29) is 16.7 Å². The van der Waals surface area contributed by atoms with Crippen molar-refractivity contribution < 1.29 is 23.1 Å². The number of rotatable bonds is 9. The van der Waals surface area contributed by atoms with Crippen molar-refractivity contribution in [1.82, 2.24) is 0 Å². The Morgan fingerprint density at radius 1 is 1.03 bits per heavy atom. The lowest BCUT2D eigenvalue weighted by molar-refractivity contribution is -0.131. The summed E-state index contributed by atoms with van der Waals surface area (Å²) in [7, 11) is -1.99. The Hall–Kier alpha value is -2.86. The fourth-order valence-corrected chi connectivity index (χ4v) is 9.57. The number of methoxy groups -OCH3 is 1. The Balaban J connectivity index is 1.54. The Labute approximate surface area is 226 Å². The number of aliphatic carboxylic acids is 1. The number of benzene rings is 2. The van der Waals surface area contributed by atoms with E-state index < -0.39 is 21.1 Å². The number of ether oxygens (including phenoxy) is 1. The summed E-state index contributed by atoms with van der Waals surface area (Å²) in [6, 6.07) is 14.7. The molecule has 0 radical (unpaired) electrons. The van der Waals surface area contributed by atoms with Crippen LogP contribution in [0.2, 0.25) is 0 Å². The predicted octanol–water partition coefficient (Wildman–Crippen LogP) is 6.83. The van der Waals surface area contributed by atoms with Gasteiger partial charge in [-0.15, -0.1) is 0 Å². The van der Waals surface area contributed by atoms with Crippen molar-refractivity contribution >= 4 is 21.4 Å². The molecule has 0 amide bonds. The topological polar surface area (TPSA) is 80.7 Å². The van der Waals surface area contributed by atoms with Crippen LogP contribution in [-0.4, -0.2) is 31.9 Å². The Morgan fingerprint density at radius 2 is 1.63 bits per heavy atom. The van der Waals surface area contributed by atoms with Gasteiger partial charge in [-0.25, -0.2) is 13.2 Å². The van der Waals surface area contributed by atoms with Crippen LogP contribution in [0, 0.1) is 17.8 Å². The number of hydrogen-bond donors (Lipinski definition) is 1. The third-order valence-corrected chi connectivity index (χ3v) is 11.1. The molecule has 0 saturated heterocycles. The summed E-state index contributed by atoms with van der Waals surface area (Å²) < 4.78 is 33.2. The predicted molar refractivity (Wildman–Crippen MR) is 150 cm³/mol. The van der Waals surface area contributed by atoms with Crippen LogP contribution in [0.1, 0.15) is 69.9 Å². The van der Waals surface area contributed by atoms with Gasteiger partial charge in [0.2, 0.25) is 0 Å². The highest BCUT2D eigenvalue weighted by Gasteiger charge is 2.52. The largest absolute Gasteiger partial charge is 0.496 e. The lowest BCUT2D eigenvalue weighted by Gasteiger charge is -2.57.